The summed E-state index contributed by atoms with van der Waals surface area (Å²) in [6.07, 6.45) is 20.8. The lowest BCUT2D eigenvalue weighted by atomic mass is 10.1. The van der Waals surface area contributed by atoms with E-state index in [0.29, 0.717) is 6.54 Å². The van der Waals surface area contributed by atoms with Gasteiger partial charge in [-0.2, -0.15) is 0 Å². The van der Waals surface area contributed by atoms with Gasteiger partial charge >= 0.3 is 0 Å². The molecule has 0 aromatic rings. The predicted molar refractivity (Wildman–Crippen MR) is 122 cm³/mol. The second-order valence-corrected chi connectivity index (χ2v) is 7.79. The summed E-state index contributed by atoms with van der Waals surface area (Å²) in [4.78, 5) is 24.0. The Balaban J connectivity index is 3.77. The van der Waals surface area contributed by atoms with E-state index in [1.165, 1.54) is 77.2 Å². The third kappa shape index (κ3) is 17.0. The van der Waals surface area contributed by atoms with Crippen LogP contribution in [0.3, 0.4) is 0 Å². The van der Waals surface area contributed by atoms with Crippen molar-refractivity contribution in [3.8, 4) is 0 Å². The first kappa shape index (κ1) is 27.4. The Kier molecular flexibility index (Phi) is 18.6. The highest BCUT2D eigenvalue weighted by Gasteiger charge is 2.24. The summed E-state index contributed by atoms with van der Waals surface area (Å²) in [7, 11) is 0. The molecule has 0 unspecified atom stereocenters. The van der Waals surface area contributed by atoms with Gasteiger partial charge in [0.05, 0.1) is 6.10 Å². The lowest BCUT2D eigenvalue weighted by Gasteiger charge is -2.20. The molecule has 0 aliphatic heterocycles. The molecule has 2 atom stereocenters. The van der Waals surface area contributed by atoms with Crippen LogP contribution in [0, 0.1) is 0 Å². The van der Waals surface area contributed by atoms with E-state index in [1.54, 1.807) is 18.2 Å². The van der Waals surface area contributed by atoms with E-state index in [2.05, 4.69) is 17.6 Å². The molecule has 29 heavy (non-hydrogen) atoms. The summed E-state index contributed by atoms with van der Waals surface area (Å²) in [6, 6.07) is -0.935. The number of hydrogen-bond acceptors (Lipinski definition) is 3. The average molecular weight is 409 g/mol. The van der Waals surface area contributed by atoms with Crippen molar-refractivity contribution >= 4 is 11.8 Å². The molecular weight excluding hydrogens is 364 g/mol. The summed E-state index contributed by atoms with van der Waals surface area (Å²) in [5.41, 5.74) is 0. The van der Waals surface area contributed by atoms with Gasteiger partial charge in [0.15, 0.2) is 0 Å². The van der Waals surface area contributed by atoms with E-state index in [-0.39, 0.29) is 5.91 Å². The molecule has 0 aliphatic rings. The standard InChI is InChI=1S/C24H44N2O3/c1-4-6-8-9-10-11-12-13-14-15-16-18-20-25-24(29)23(21(3)27)26-22(28)19-17-7-5-2/h5,7,17,19,21,23,27H,4,6,8-16,18,20H2,1-3H3,(H,25,29)(H,26,28)/b7-5+,19-17+/t21-,23+/m1/s1. The van der Waals surface area contributed by atoms with E-state index in [9.17, 15) is 14.7 Å². The quantitative estimate of drug-likeness (QED) is 0.173. The van der Waals surface area contributed by atoms with Crippen molar-refractivity contribution in [1.82, 2.24) is 10.6 Å². The number of carbonyl (C=O) groups excluding carboxylic acids is 2. The minimum atomic E-state index is -0.948. The lowest BCUT2D eigenvalue weighted by molar-refractivity contribution is -0.129. The van der Waals surface area contributed by atoms with Gasteiger partial charge in [0.2, 0.25) is 11.8 Å². The smallest absolute Gasteiger partial charge is 0.245 e. The molecule has 0 fully saturated rings. The van der Waals surface area contributed by atoms with Crippen LogP contribution in [0.2, 0.25) is 0 Å². The van der Waals surface area contributed by atoms with Crippen LogP contribution in [-0.4, -0.2) is 35.6 Å². The van der Waals surface area contributed by atoms with Crippen LogP contribution >= 0.6 is 0 Å². The average Bonchev–Trinajstić information content (AvgIpc) is 2.69. The topological polar surface area (TPSA) is 78.4 Å². The molecule has 168 valence electrons. The minimum absolute atomic E-state index is 0.337. The summed E-state index contributed by atoms with van der Waals surface area (Å²) in [5.74, 6) is -0.731. The molecule has 0 heterocycles. The monoisotopic (exact) mass is 408 g/mol. The number of allylic oxidation sites excluding steroid dienone is 3. The Morgan fingerprint density at radius 2 is 1.38 bits per heavy atom. The maximum atomic E-state index is 12.2. The Labute approximate surface area is 178 Å². The van der Waals surface area contributed by atoms with Gasteiger partial charge in [0.1, 0.15) is 6.04 Å². The van der Waals surface area contributed by atoms with Crippen molar-refractivity contribution in [3.63, 3.8) is 0 Å². The van der Waals surface area contributed by atoms with E-state index >= 15 is 0 Å². The number of hydrogen-bond donors (Lipinski definition) is 3. The first-order chi connectivity index (χ1) is 14.0. The second kappa shape index (κ2) is 19.7. The molecule has 0 spiro atoms. The predicted octanol–water partition coefficient (Wildman–Crippen LogP) is 4.80. The van der Waals surface area contributed by atoms with E-state index in [4.69, 9.17) is 0 Å². The van der Waals surface area contributed by atoms with Crippen LogP contribution in [0.15, 0.2) is 24.3 Å². The SMILES string of the molecule is C/C=C/C=C/C(=O)N[C@H](C(=O)NCCCCCCCCCCCCCC)[C@@H](C)O. The van der Waals surface area contributed by atoms with Gasteiger partial charge in [-0.15, -0.1) is 0 Å². The van der Waals surface area contributed by atoms with Gasteiger partial charge in [-0.1, -0.05) is 95.8 Å². The van der Waals surface area contributed by atoms with Crippen molar-refractivity contribution in [2.24, 2.45) is 0 Å². The van der Waals surface area contributed by atoms with Crippen molar-refractivity contribution in [2.45, 2.75) is 110 Å². The molecule has 0 saturated carbocycles. The molecule has 0 aromatic carbocycles. The van der Waals surface area contributed by atoms with E-state index in [0.717, 1.165) is 12.8 Å². The van der Waals surface area contributed by atoms with Crippen LogP contribution in [0.25, 0.3) is 0 Å². The lowest BCUT2D eigenvalue weighted by Crippen LogP contribution is -2.52. The summed E-state index contributed by atoms with van der Waals surface area (Å²) >= 11 is 0. The minimum Gasteiger partial charge on any atom is -0.391 e. The maximum absolute atomic E-state index is 12.2. The van der Waals surface area contributed by atoms with Gasteiger partial charge in [-0.05, 0) is 20.3 Å². The van der Waals surface area contributed by atoms with Crippen molar-refractivity contribution in [2.75, 3.05) is 6.54 Å². The Hall–Kier alpha value is -1.62. The fourth-order valence-corrected chi connectivity index (χ4v) is 3.15. The Morgan fingerprint density at radius 1 is 0.862 bits per heavy atom. The molecule has 3 N–H and O–H groups in total. The summed E-state index contributed by atoms with van der Waals surface area (Å²) in [6.45, 7) is 6.18. The van der Waals surface area contributed by atoms with Gasteiger partial charge in [-0.3, -0.25) is 9.59 Å². The van der Waals surface area contributed by atoms with Crippen LogP contribution < -0.4 is 10.6 Å². The molecule has 0 aliphatic carbocycles. The van der Waals surface area contributed by atoms with Crippen LogP contribution in [-0.2, 0) is 9.59 Å². The van der Waals surface area contributed by atoms with Crippen molar-refractivity contribution in [1.29, 1.82) is 0 Å². The molecule has 0 aromatic heterocycles. The fourth-order valence-electron chi connectivity index (χ4n) is 3.15. The normalized spacial score (nSPS) is 13.7. The maximum Gasteiger partial charge on any atom is 0.245 e. The number of rotatable bonds is 18. The second-order valence-electron chi connectivity index (χ2n) is 7.79. The summed E-state index contributed by atoms with van der Waals surface area (Å²) in [5, 5.41) is 15.2. The molecule has 0 radical (unpaired) electrons. The van der Waals surface area contributed by atoms with Gasteiger partial charge in [-0.25, -0.2) is 0 Å². The number of amides is 2. The molecule has 0 rings (SSSR count). The van der Waals surface area contributed by atoms with Crippen LogP contribution in [0.4, 0.5) is 0 Å². The van der Waals surface area contributed by atoms with Crippen LogP contribution in [0.1, 0.15) is 97.8 Å². The number of aliphatic hydroxyl groups excluding tert-OH is 1. The van der Waals surface area contributed by atoms with Gasteiger partial charge in [0, 0.05) is 12.6 Å². The van der Waals surface area contributed by atoms with Crippen molar-refractivity contribution in [3.05, 3.63) is 24.3 Å². The zero-order chi connectivity index (χ0) is 21.7. The highest BCUT2D eigenvalue weighted by atomic mass is 16.3. The van der Waals surface area contributed by atoms with E-state index < -0.39 is 18.1 Å². The third-order valence-electron chi connectivity index (χ3n) is 4.94. The number of aliphatic hydroxyl groups is 1. The van der Waals surface area contributed by atoms with Crippen LogP contribution in [0.5, 0.6) is 0 Å². The molecule has 2 amide bonds. The van der Waals surface area contributed by atoms with Gasteiger partial charge < -0.3 is 15.7 Å². The molecule has 5 heteroatoms. The number of nitrogens with one attached hydrogen (secondary N) is 2. The zero-order valence-electron chi connectivity index (χ0n) is 18.9. The molecule has 0 bridgehead atoms. The number of unbranched alkanes of at least 4 members (excludes halogenated alkanes) is 11. The first-order valence-electron chi connectivity index (χ1n) is 11.6. The highest BCUT2D eigenvalue weighted by Crippen LogP contribution is 2.11. The Morgan fingerprint density at radius 3 is 1.86 bits per heavy atom. The van der Waals surface area contributed by atoms with Crippen molar-refractivity contribution < 1.29 is 14.7 Å². The van der Waals surface area contributed by atoms with Gasteiger partial charge in [0.25, 0.3) is 0 Å². The third-order valence-corrected chi connectivity index (χ3v) is 4.94. The largest absolute Gasteiger partial charge is 0.391 e. The molecule has 5 nitrogen and oxygen atoms in total. The molecule has 0 saturated heterocycles. The number of carbonyl (C=O) groups is 2. The first-order valence-corrected chi connectivity index (χ1v) is 11.6. The molecular formula is C24H44N2O3. The highest BCUT2D eigenvalue weighted by molar-refractivity contribution is 5.93. The Bertz CT molecular complexity index is 473. The zero-order valence-corrected chi connectivity index (χ0v) is 18.9. The summed E-state index contributed by atoms with van der Waals surface area (Å²) < 4.78 is 0. The van der Waals surface area contributed by atoms with E-state index in [1.807, 2.05) is 6.92 Å². The fraction of sp³-hybridized carbons (Fsp3) is 0.750.